The van der Waals surface area contributed by atoms with Crippen LogP contribution in [0.2, 0.25) is 0 Å². The maximum Gasteiger partial charge on any atom is 0.0475 e. The second kappa shape index (κ2) is 7.24. The van der Waals surface area contributed by atoms with Crippen LogP contribution >= 0.6 is 0 Å². The number of nitrogens with one attached hydrogen (secondary N) is 1. The second-order valence-electron chi connectivity index (χ2n) is 6.25. The molecule has 0 saturated heterocycles. The summed E-state index contributed by atoms with van der Waals surface area (Å²) in [4.78, 5) is 2.53. The van der Waals surface area contributed by atoms with Crippen LogP contribution in [-0.4, -0.2) is 31.1 Å². The molecule has 0 spiro atoms. The fourth-order valence-corrected chi connectivity index (χ4v) is 2.88. The van der Waals surface area contributed by atoms with Gasteiger partial charge in [-0.15, -0.1) is 0 Å². The van der Waals surface area contributed by atoms with Crippen molar-refractivity contribution in [2.45, 2.75) is 52.1 Å². The smallest absolute Gasteiger partial charge is 0.0475 e. The first-order valence-corrected chi connectivity index (χ1v) is 8.18. The minimum absolute atomic E-state index is 0.426. The Morgan fingerprint density at radius 3 is 2.35 bits per heavy atom. The molecule has 1 saturated carbocycles. The number of likely N-dealkylation sites (N-methyl/N-ethyl adjacent to an activating group) is 2. The van der Waals surface area contributed by atoms with Crippen LogP contribution in [0.3, 0.4) is 0 Å². The van der Waals surface area contributed by atoms with Crippen LogP contribution < -0.4 is 5.32 Å². The number of benzene rings is 1. The maximum atomic E-state index is 3.67. The zero-order valence-corrected chi connectivity index (χ0v) is 13.5. The molecular weight excluding hydrogens is 244 g/mol. The van der Waals surface area contributed by atoms with E-state index in [1.807, 2.05) is 0 Å². The van der Waals surface area contributed by atoms with E-state index in [-0.39, 0.29) is 0 Å². The van der Waals surface area contributed by atoms with Crippen molar-refractivity contribution in [1.82, 2.24) is 10.2 Å². The SMILES string of the molecule is CCNC(c1ccc(CC)cc1)C(C)N(C)CC1CC1. The summed E-state index contributed by atoms with van der Waals surface area (Å²) in [6.45, 7) is 9.02. The minimum atomic E-state index is 0.426. The van der Waals surface area contributed by atoms with Gasteiger partial charge in [-0.2, -0.15) is 0 Å². The second-order valence-corrected chi connectivity index (χ2v) is 6.25. The summed E-state index contributed by atoms with van der Waals surface area (Å²) in [6, 6.07) is 10.1. The molecule has 2 atom stereocenters. The average molecular weight is 274 g/mol. The lowest BCUT2D eigenvalue weighted by atomic mass is 9.97. The minimum Gasteiger partial charge on any atom is -0.309 e. The molecule has 1 aromatic carbocycles. The number of hydrogen-bond donors (Lipinski definition) is 1. The van der Waals surface area contributed by atoms with Gasteiger partial charge in [0.1, 0.15) is 0 Å². The maximum absolute atomic E-state index is 3.67. The van der Waals surface area contributed by atoms with Gasteiger partial charge in [-0.1, -0.05) is 38.1 Å². The van der Waals surface area contributed by atoms with Crippen molar-refractivity contribution in [1.29, 1.82) is 0 Å². The standard InChI is InChI=1S/C18H30N2/c1-5-15-9-11-17(12-10-15)18(19-6-2)14(3)20(4)13-16-7-8-16/h9-12,14,16,18-19H,5-8,13H2,1-4H3. The highest BCUT2D eigenvalue weighted by atomic mass is 15.2. The van der Waals surface area contributed by atoms with Gasteiger partial charge in [0.2, 0.25) is 0 Å². The fraction of sp³-hybridized carbons (Fsp3) is 0.667. The highest BCUT2D eigenvalue weighted by Crippen LogP contribution is 2.31. The molecular formula is C18H30N2. The molecule has 0 amide bonds. The van der Waals surface area contributed by atoms with Gasteiger partial charge in [0.05, 0.1) is 0 Å². The Bertz CT molecular complexity index is 394. The van der Waals surface area contributed by atoms with E-state index < -0.39 is 0 Å². The van der Waals surface area contributed by atoms with Gasteiger partial charge in [-0.3, -0.25) is 0 Å². The first kappa shape index (κ1) is 15.5. The molecule has 2 heteroatoms. The lowest BCUT2D eigenvalue weighted by Gasteiger charge is -2.33. The lowest BCUT2D eigenvalue weighted by molar-refractivity contribution is 0.201. The van der Waals surface area contributed by atoms with Crippen LogP contribution in [0.1, 0.15) is 50.8 Å². The van der Waals surface area contributed by atoms with E-state index in [1.54, 1.807) is 0 Å². The predicted octanol–water partition coefficient (Wildman–Crippen LogP) is 3.63. The Morgan fingerprint density at radius 2 is 1.85 bits per heavy atom. The van der Waals surface area contributed by atoms with Crippen LogP contribution in [0.4, 0.5) is 0 Å². The largest absolute Gasteiger partial charge is 0.309 e. The Hall–Kier alpha value is -0.860. The highest BCUT2D eigenvalue weighted by molar-refractivity contribution is 5.26. The van der Waals surface area contributed by atoms with Crippen LogP contribution in [0.5, 0.6) is 0 Å². The van der Waals surface area contributed by atoms with Crippen molar-refractivity contribution in [2.75, 3.05) is 20.1 Å². The van der Waals surface area contributed by atoms with Crippen molar-refractivity contribution < 1.29 is 0 Å². The van der Waals surface area contributed by atoms with E-state index in [4.69, 9.17) is 0 Å². The zero-order valence-electron chi connectivity index (χ0n) is 13.5. The number of nitrogens with zero attached hydrogens (tertiary/aromatic N) is 1. The summed E-state index contributed by atoms with van der Waals surface area (Å²) in [5.41, 5.74) is 2.84. The predicted molar refractivity (Wildman–Crippen MR) is 87.1 cm³/mol. The van der Waals surface area contributed by atoms with Gasteiger partial charge < -0.3 is 10.2 Å². The third-order valence-electron chi connectivity index (χ3n) is 4.59. The summed E-state index contributed by atoms with van der Waals surface area (Å²) in [6.07, 6.45) is 3.96. The summed E-state index contributed by atoms with van der Waals surface area (Å²) in [5, 5.41) is 3.67. The molecule has 1 N–H and O–H groups in total. The Kier molecular flexibility index (Phi) is 5.62. The van der Waals surface area contributed by atoms with Crippen LogP contribution in [0.25, 0.3) is 0 Å². The van der Waals surface area contributed by atoms with Crippen molar-refractivity contribution in [2.24, 2.45) is 5.92 Å². The normalized spacial score (nSPS) is 18.2. The molecule has 1 aliphatic rings. The van der Waals surface area contributed by atoms with E-state index in [9.17, 15) is 0 Å². The topological polar surface area (TPSA) is 15.3 Å². The first-order chi connectivity index (χ1) is 9.65. The van der Waals surface area contributed by atoms with Crippen molar-refractivity contribution in [3.05, 3.63) is 35.4 Å². The summed E-state index contributed by atoms with van der Waals surface area (Å²) < 4.78 is 0. The molecule has 0 aliphatic heterocycles. The molecule has 2 rings (SSSR count). The van der Waals surface area contributed by atoms with Gasteiger partial charge in [0.15, 0.2) is 0 Å². The molecule has 112 valence electrons. The summed E-state index contributed by atoms with van der Waals surface area (Å²) >= 11 is 0. The number of hydrogen-bond acceptors (Lipinski definition) is 2. The van der Waals surface area contributed by atoms with Gasteiger partial charge in [0, 0.05) is 18.6 Å². The number of rotatable bonds is 8. The fourth-order valence-electron chi connectivity index (χ4n) is 2.88. The molecule has 2 nitrogen and oxygen atoms in total. The number of aryl methyl sites for hydroxylation is 1. The molecule has 1 aliphatic carbocycles. The molecule has 1 aromatic rings. The first-order valence-electron chi connectivity index (χ1n) is 8.18. The lowest BCUT2D eigenvalue weighted by Crippen LogP contribution is -2.41. The molecule has 20 heavy (non-hydrogen) atoms. The van der Waals surface area contributed by atoms with Gasteiger partial charge >= 0.3 is 0 Å². The van der Waals surface area contributed by atoms with Crippen molar-refractivity contribution in [3.8, 4) is 0 Å². The Labute approximate surface area is 124 Å². The van der Waals surface area contributed by atoms with Crippen LogP contribution in [0, 0.1) is 5.92 Å². The van der Waals surface area contributed by atoms with Crippen molar-refractivity contribution >= 4 is 0 Å². The van der Waals surface area contributed by atoms with E-state index in [2.05, 4.69) is 62.3 Å². The summed E-state index contributed by atoms with van der Waals surface area (Å²) in [5.74, 6) is 0.951. The van der Waals surface area contributed by atoms with E-state index in [0.29, 0.717) is 12.1 Å². The molecule has 0 aromatic heterocycles. The third-order valence-corrected chi connectivity index (χ3v) is 4.59. The van der Waals surface area contributed by atoms with Crippen LogP contribution in [0.15, 0.2) is 24.3 Å². The summed E-state index contributed by atoms with van der Waals surface area (Å²) in [7, 11) is 2.27. The Morgan fingerprint density at radius 1 is 1.20 bits per heavy atom. The molecule has 0 bridgehead atoms. The molecule has 1 fully saturated rings. The van der Waals surface area contributed by atoms with Crippen LogP contribution in [-0.2, 0) is 6.42 Å². The monoisotopic (exact) mass is 274 g/mol. The molecule has 0 radical (unpaired) electrons. The van der Waals surface area contributed by atoms with Crippen molar-refractivity contribution in [3.63, 3.8) is 0 Å². The molecule has 2 unspecified atom stereocenters. The molecule has 0 heterocycles. The van der Waals surface area contributed by atoms with Gasteiger partial charge in [0.25, 0.3) is 0 Å². The van der Waals surface area contributed by atoms with E-state index >= 15 is 0 Å². The quantitative estimate of drug-likeness (QED) is 0.779. The zero-order chi connectivity index (χ0) is 14.5. The third kappa shape index (κ3) is 4.07. The van der Waals surface area contributed by atoms with E-state index in [1.165, 1.54) is 30.5 Å². The van der Waals surface area contributed by atoms with E-state index in [0.717, 1.165) is 18.9 Å². The average Bonchev–Trinajstić information content (AvgIpc) is 3.28. The van der Waals surface area contributed by atoms with Gasteiger partial charge in [-0.25, -0.2) is 0 Å². The Balaban J connectivity index is 2.06. The highest BCUT2D eigenvalue weighted by Gasteiger charge is 2.28. The van der Waals surface area contributed by atoms with Gasteiger partial charge in [-0.05, 0) is 56.8 Å².